The molecule has 1 aromatic rings. The van der Waals surface area contributed by atoms with E-state index in [0.717, 1.165) is 24.2 Å². The first-order valence-electron chi connectivity index (χ1n) is 5.23. The number of benzene rings is 1. The van der Waals surface area contributed by atoms with E-state index in [1.54, 1.807) is 6.07 Å². The second kappa shape index (κ2) is 3.57. The van der Waals surface area contributed by atoms with Gasteiger partial charge in [0.15, 0.2) is 0 Å². The van der Waals surface area contributed by atoms with Crippen molar-refractivity contribution in [3.8, 4) is 0 Å². The Labute approximate surface area is 89.3 Å². The summed E-state index contributed by atoms with van der Waals surface area (Å²) in [5.74, 6) is -0.834. The molecule has 1 aliphatic heterocycles. The van der Waals surface area contributed by atoms with E-state index < -0.39 is 5.97 Å². The number of fused-ring (bicyclic) bond motifs is 1. The van der Waals surface area contributed by atoms with Crippen LogP contribution >= 0.6 is 0 Å². The van der Waals surface area contributed by atoms with Crippen molar-refractivity contribution in [3.63, 3.8) is 0 Å². The van der Waals surface area contributed by atoms with E-state index in [4.69, 9.17) is 5.11 Å². The molecule has 3 heteroatoms. The van der Waals surface area contributed by atoms with Crippen LogP contribution in [-0.4, -0.2) is 23.7 Å². The predicted octanol–water partition coefficient (Wildman–Crippen LogP) is 2.16. The van der Waals surface area contributed by atoms with Crippen molar-refractivity contribution in [2.24, 2.45) is 0 Å². The third-order valence-corrected chi connectivity index (χ3v) is 2.88. The summed E-state index contributed by atoms with van der Waals surface area (Å²) < 4.78 is 0. The standard InChI is InChI=1S/C12H15NO2/c1-8(2)13-7-6-9-4-3-5-10(11(9)13)12(14)15/h3-5,8H,6-7H2,1-2H3,(H,14,15). The van der Waals surface area contributed by atoms with Gasteiger partial charge >= 0.3 is 5.97 Å². The van der Waals surface area contributed by atoms with Crippen molar-refractivity contribution >= 4 is 11.7 Å². The van der Waals surface area contributed by atoms with E-state index in [2.05, 4.69) is 18.7 Å². The highest BCUT2D eigenvalue weighted by Crippen LogP contribution is 2.33. The van der Waals surface area contributed by atoms with Crippen molar-refractivity contribution in [2.45, 2.75) is 26.3 Å². The van der Waals surface area contributed by atoms with Crippen molar-refractivity contribution in [3.05, 3.63) is 29.3 Å². The number of aromatic carboxylic acids is 1. The first kappa shape index (κ1) is 10.0. The zero-order valence-electron chi connectivity index (χ0n) is 9.03. The molecule has 0 saturated carbocycles. The smallest absolute Gasteiger partial charge is 0.337 e. The summed E-state index contributed by atoms with van der Waals surface area (Å²) >= 11 is 0. The zero-order chi connectivity index (χ0) is 11.0. The second-order valence-corrected chi connectivity index (χ2v) is 4.16. The van der Waals surface area contributed by atoms with Crippen molar-refractivity contribution in [1.82, 2.24) is 0 Å². The second-order valence-electron chi connectivity index (χ2n) is 4.16. The minimum absolute atomic E-state index is 0.353. The quantitative estimate of drug-likeness (QED) is 0.804. The average molecular weight is 205 g/mol. The third-order valence-electron chi connectivity index (χ3n) is 2.88. The molecule has 1 heterocycles. The molecule has 0 atom stereocenters. The Morgan fingerprint density at radius 3 is 2.80 bits per heavy atom. The summed E-state index contributed by atoms with van der Waals surface area (Å²) in [6, 6.07) is 5.88. The number of hydrogen-bond donors (Lipinski definition) is 1. The average Bonchev–Trinajstić information content (AvgIpc) is 2.60. The summed E-state index contributed by atoms with van der Waals surface area (Å²) in [4.78, 5) is 13.3. The topological polar surface area (TPSA) is 40.5 Å². The lowest BCUT2D eigenvalue weighted by Crippen LogP contribution is -2.29. The molecule has 0 aromatic heterocycles. The molecule has 1 N–H and O–H groups in total. The van der Waals surface area contributed by atoms with Gasteiger partial charge in [-0.3, -0.25) is 0 Å². The molecule has 1 aromatic carbocycles. The Balaban J connectivity index is 2.53. The molecule has 0 radical (unpaired) electrons. The van der Waals surface area contributed by atoms with E-state index >= 15 is 0 Å². The summed E-state index contributed by atoms with van der Waals surface area (Å²) in [6.45, 7) is 5.11. The summed E-state index contributed by atoms with van der Waals surface area (Å²) in [7, 11) is 0. The zero-order valence-corrected chi connectivity index (χ0v) is 9.03. The summed E-state index contributed by atoms with van der Waals surface area (Å²) in [5.41, 5.74) is 2.50. The molecule has 0 unspecified atom stereocenters. The van der Waals surface area contributed by atoms with Crippen LogP contribution in [0.25, 0.3) is 0 Å². The molecule has 0 aliphatic carbocycles. The Kier molecular flexibility index (Phi) is 2.39. The first-order valence-corrected chi connectivity index (χ1v) is 5.23. The van der Waals surface area contributed by atoms with Crippen molar-refractivity contribution in [2.75, 3.05) is 11.4 Å². The monoisotopic (exact) mass is 205 g/mol. The first-order chi connectivity index (χ1) is 7.11. The van der Waals surface area contributed by atoms with E-state index in [9.17, 15) is 4.79 Å². The van der Waals surface area contributed by atoms with Crippen LogP contribution < -0.4 is 4.90 Å². The third kappa shape index (κ3) is 1.58. The summed E-state index contributed by atoms with van der Waals surface area (Å²) in [5, 5.41) is 9.12. The largest absolute Gasteiger partial charge is 0.478 e. The molecule has 0 saturated heterocycles. The normalized spacial score (nSPS) is 14.5. The van der Waals surface area contributed by atoms with Crippen LogP contribution in [0.5, 0.6) is 0 Å². The van der Waals surface area contributed by atoms with Gasteiger partial charge in [0.25, 0.3) is 0 Å². The number of para-hydroxylation sites is 1. The molecule has 0 bridgehead atoms. The van der Waals surface area contributed by atoms with Gasteiger partial charge in [0.1, 0.15) is 0 Å². The number of nitrogens with zero attached hydrogens (tertiary/aromatic N) is 1. The fraction of sp³-hybridized carbons (Fsp3) is 0.417. The fourth-order valence-corrected chi connectivity index (χ4v) is 2.17. The molecule has 80 valence electrons. The number of anilines is 1. The minimum atomic E-state index is -0.834. The number of rotatable bonds is 2. The maximum Gasteiger partial charge on any atom is 0.337 e. The molecular weight excluding hydrogens is 190 g/mol. The molecule has 3 nitrogen and oxygen atoms in total. The van der Waals surface area contributed by atoms with Crippen LogP contribution in [0.15, 0.2) is 18.2 Å². The Morgan fingerprint density at radius 1 is 1.47 bits per heavy atom. The maximum atomic E-state index is 11.1. The van der Waals surface area contributed by atoms with Gasteiger partial charge in [-0.25, -0.2) is 4.79 Å². The summed E-state index contributed by atoms with van der Waals surface area (Å²) in [6.07, 6.45) is 0.953. The Morgan fingerprint density at radius 2 is 2.20 bits per heavy atom. The lowest BCUT2D eigenvalue weighted by atomic mass is 10.1. The molecule has 1 aliphatic rings. The Hall–Kier alpha value is -1.51. The van der Waals surface area contributed by atoms with Gasteiger partial charge in [0, 0.05) is 12.6 Å². The van der Waals surface area contributed by atoms with Gasteiger partial charge in [-0.1, -0.05) is 12.1 Å². The fourth-order valence-electron chi connectivity index (χ4n) is 2.17. The van der Waals surface area contributed by atoms with Crippen LogP contribution in [-0.2, 0) is 6.42 Å². The lowest BCUT2D eigenvalue weighted by molar-refractivity contribution is 0.0697. The number of carboxylic acid groups (broad SMARTS) is 1. The number of carboxylic acids is 1. The van der Waals surface area contributed by atoms with Gasteiger partial charge in [-0.2, -0.15) is 0 Å². The van der Waals surface area contributed by atoms with Crippen LogP contribution in [0.4, 0.5) is 5.69 Å². The molecule has 0 spiro atoms. The minimum Gasteiger partial charge on any atom is -0.478 e. The number of carbonyl (C=O) groups is 1. The predicted molar refractivity (Wildman–Crippen MR) is 59.6 cm³/mol. The highest BCUT2D eigenvalue weighted by atomic mass is 16.4. The highest BCUT2D eigenvalue weighted by molar-refractivity contribution is 5.96. The van der Waals surface area contributed by atoms with E-state index in [-0.39, 0.29) is 0 Å². The van der Waals surface area contributed by atoms with Crippen molar-refractivity contribution in [1.29, 1.82) is 0 Å². The maximum absolute atomic E-state index is 11.1. The van der Waals surface area contributed by atoms with Gasteiger partial charge in [-0.15, -0.1) is 0 Å². The highest BCUT2D eigenvalue weighted by Gasteiger charge is 2.26. The SMILES string of the molecule is CC(C)N1CCc2cccc(C(=O)O)c21. The van der Waals surface area contributed by atoms with Crippen LogP contribution in [0.2, 0.25) is 0 Å². The molecular formula is C12H15NO2. The number of hydrogen-bond acceptors (Lipinski definition) is 2. The van der Waals surface area contributed by atoms with E-state index in [1.807, 2.05) is 12.1 Å². The van der Waals surface area contributed by atoms with Crippen molar-refractivity contribution < 1.29 is 9.90 Å². The van der Waals surface area contributed by atoms with Crippen LogP contribution in [0, 0.1) is 0 Å². The van der Waals surface area contributed by atoms with Crippen LogP contribution in [0.3, 0.4) is 0 Å². The van der Waals surface area contributed by atoms with E-state index in [0.29, 0.717) is 11.6 Å². The van der Waals surface area contributed by atoms with Gasteiger partial charge < -0.3 is 10.0 Å². The van der Waals surface area contributed by atoms with Gasteiger partial charge in [-0.05, 0) is 31.9 Å². The van der Waals surface area contributed by atoms with Gasteiger partial charge in [0.2, 0.25) is 0 Å². The molecule has 0 amide bonds. The lowest BCUT2D eigenvalue weighted by Gasteiger charge is -2.25. The Bertz CT molecular complexity index is 399. The van der Waals surface area contributed by atoms with Crippen LogP contribution in [0.1, 0.15) is 29.8 Å². The molecule has 0 fully saturated rings. The van der Waals surface area contributed by atoms with E-state index in [1.165, 1.54) is 0 Å². The molecule has 15 heavy (non-hydrogen) atoms. The van der Waals surface area contributed by atoms with Gasteiger partial charge in [0.05, 0.1) is 11.3 Å². The molecule has 2 rings (SSSR count).